The molecule has 0 radical (unpaired) electrons. The fourth-order valence-electron chi connectivity index (χ4n) is 3.55. The molecule has 2 N–H and O–H groups in total. The van der Waals surface area contributed by atoms with Gasteiger partial charge in [0.2, 0.25) is 0 Å². The molecule has 1 fully saturated rings. The van der Waals surface area contributed by atoms with E-state index in [0.29, 0.717) is 35.7 Å². The Morgan fingerprint density at radius 2 is 1.93 bits per heavy atom. The molecular formula is C21H27N3O4. The van der Waals surface area contributed by atoms with E-state index in [9.17, 15) is 9.59 Å². The van der Waals surface area contributed by atoms with Crippen LogP contribution in [0.5, 0.6) is 11.5 Å². The number of hydrogen-bond acceptors (Lipinski definition) is 4. The first-order valence-electron chi connectivity index (χ1n) is 9.46. The lowest BCUT2D eigenvalue weighted by molar-refractivity contribution is 0.0670. The van der Waals surface area contributed by atoms with Crippen LogP contribution in [0.2, 0.25) is 0 Å². The topological polar surface area (TPSA) is 83.7 Å². The number of methoxy groups -OCH3 is 2. The van der Waals surface area contributed by atoms with Crippen molar-refractivity contribution in [3.63, 3.8) is 0 Å². The molecule has 1 atom stereocenters. The summed E-state index contributed by atoms with van der Waals surface area (Å²) in [6, 6.07) is 6.91. The van der Waals surface area contributed by atoms with Gasteiger partial charge < -0.3 is 24.7 Å². The highest BCUT2D eigenvalue weighted by Crippen LogP contribution is 2.23. The lowest BCUT2D eigenvalue weighted by atomic mass is 9.97. The van der Waals surface area contributed by atoms with Gasteiger partial charge in [0.1, 0.15) is 11.5 Å². The fraction of sp³-hybridized carbons (Fsp3) is 0.429. The summed E-state index contributed by atoms with van der Waals surface area (Å²) in [4.78, 5) is 30.2. The van der Waals surface area contributed by atoms with Gasteiger partial charge in [-0.05, 0) is 43.9 Å². The van der Waals surface area contributed by atoms with Crippen molar-refractivity contribution in [2.24, 2.45) is 5.92 Å². The van der Waals surface area contributed by atoms with Crippen molar-refractivity contribution in [3.05, 3.63) is 47.3 Å². The van der Waals surface area contributed by atoms with E-state index in [0.717, 1.165) is 25.1 Å². The number of ether oxygens (including phenoxy) is 2. The minimum absolute atomic E-state index is 0.0484. The first-order valence-corrected chi connectivity index (χ1v) is 9.46. The molecule has 1 saturated heterocycles. The maximum absolute atomic E-state index is 12.7. The first kappa shape index (κ1) is 19.8. The lowest BCUT2D eigenvalue weighted by Crippen LogP contribution is -2.43. The zero-order valence-corrected chi connectivity index (χ0v) is 16.6. The van der Waals surface area contributed by atoms with Crippen LogP contribution in [-0.4, -0.2) is 55.6 Å². The lowest BCUT2D eigenvalue weighted by Gasteiger charge is -2.33. The fourth-order valence-corrected chi connectivity index (χ4v) is 3.55. The second-order valence-electron chi connectivity index (χ2n) is 7.09. The Labute approximate surface area is 165 Å². The number of hydrogen-bond donors (Lipinski definition) is 2. The number of likely N-dealkylation sites (tertiary alicyclic amines) is 1. The average molecular weight is 385 g/mol. The van der Waals surface area contributed by atoms with Crippen LogP contribution in [0.4, 0.5) is 0 Å². The second kappa shape index (κ2) is 8.82. The largest absolute Gasteiger partial charge is 0.497 e. The van der Waals surface area contributed by atoms with Crippen LogP contribution in [0, 0.1) is 12.8 Å². The molecule has 2 heterocycles. The number of carbonyl (C=O) groups is 2. The van der Waals surface area contributed by atoms with Crippen LogP contribution in [0.15, 0.2) is 30.5 Å². The maximum atomic E-state index is 12.7. The molecule has 1 aromatic heterocycles. The van der Waals surface area contributed by atoms with Crippen LogP contribution in [0.3, 0.4) is 0 Å². The Morgan fingerprint density at radius 3 is 2.54 bits per heavy atom. The molecule has 0 saturated carbocycles. The number of aromatic amines is 1. The van der Waals surface area contributed by atoms with Crippen LogP contribution in [-0.2, 0) is 0 Å². The number of aromatic nitrogens is 1. The summed E-state index contributed by atoms with van der Waals surface area (Å²) in [5, 5.41) is 2.98. The number of aryl methyl sites for hydroxylation is 1. The van der Waals surface area contributed by atoms with E-state index < -0.39 is 0 Å². The molecule has 0 aliphatic carbocycles. The third-order valence-corrected chi connectivity index (χ3v) is 5.16. The number of rotatable bonds is 6. The molecule has 1 aliphatic heterocycles. The summed E-state index contributed by atoms with van der Waals surface area (Å²) in [6.07, 6.45) is 3.70. The Balaban J connectivity index is 1.59. The van der Waals surface area contributed by atoms with Crippen molar-refractivity contribution in [2.75, 3.05) is 33.9 Å². The Bertz CT molecular complexity index is 824. The minimum Gasteiger partial charge on any atom is -0.497 e. The molecule has 0 bridgehead atoms. The summed E-state index contributed by atoms with van der Waals surface area (Å²) in [6.45, 7) is 3.82. The molecule has 2 amide bonds. The van der Waals surface area contributed by atoms with Crippen molar-refractivity contribution in [1.82, 2.24) is 15.2 Å². The van der Waals surface area contributed by atoms with E-state index in [1.165, 1.54) is 0 Å². The van der Waals surface area contributed by atoms with Crippen LogP contribution in [0.1, 0.15) is 39.3 Å². The molecule has 28 heavy (non-hydrogen) atoms. The molecule has 1 unspecified atom stereocenters. The van der Waals surface area contributed by atoms with Gasteiger partial charge >= 0.3 is 0 Å². The van der Waals surface area contributed by atoms with E-state index >= 15 is 0 Å². The van der Waals surface area contributed by atoms with Gasteiger partial charge in [0, 0.05) is 43.2 Å². The summed E-state index contributed by atoms with van der Waals surface area (Å²) >= 11 is 0. The maximum Gasteiger partial charge on any atom is 0.255 e. The molecule has 0 spiro atoms. The Morgan fingerprint density at radius 1 is 1.21 bits per heavy atom. The monoisotopic (exact) mass is 385 g/mol. The highest BCUT2D eigenvalue weighted by molar-refractivity contribution is 5.96. The third-order valence-electron chi connectivity index (χ3n) is 5.16. The Hall–Kier alpha value is -2.96. The smallest absolute Gasteiger partial charge is 0.255 e. The van der Waals surface area contributed by atoms with Crippen molar-refractivity contribution < 1.29 is 19.1 Å². The van der Waals surface area contributed by atoms with Gasteiger partial charge in [-0.3, -0.25) is 9.59 Å². The number of benzene rings is 1. The predicted octanol–water partition coefficient (Wildman–Crippen LogP) is 2.62. The van der Waals surface area contributed by atoms with Gasteiger partial charge in [0.05, 0.1) is 19.8 Å². The zero-order valence-electron chi connectivity index (χ0n) is 16.6. The Kier molecular flexibility index (Phi) is 6.23. The number of carbonyl (C=O) groups excluding carboxylic acids is 2. The number of piperidine rings is 1. The van der Waals surface area contributed by atoms with E-state index in [-0.39, 0.29) is 17.7 Å². The van der Waals surface area contributed by atoms with Gasteiger partial charge in [-0.1, -0.05) is 0 Å². The van der Waals surface area contributed by atoms with E-state index in [1.807, 2.05) is 17.9 Å². The van der Waals surface area contributed by atoms with Crippen molar-refractivity contribution in [2.45, 2.75) is 19.8 Å². The first-order chi connectivity index (χ1) is 13.5. The second-order valence-corrected chi connectivity index (χ2v) is 7.09. The predicted molar refractivity (Wildman–Crippen MR) is 106 cm³/mol. The molecule has 2 aromatic rings. The van der Waals surface area contributed by atoms with Crippen molar-refractivity contribution >= 4 is 11.8 Å². The number of nitrogens with one attached hydrogen (secondary N) is 2. The average Bonchev–Trinajstić information content (AvgIpc) is 3.16. The minimum atomic E-state index is -0.179. The number of amides is 2. The van der Waals surface area contributed by atoms with Crippen LogP contribution >= 0.6 is 0 Å². The zero-order chi connectivity index (χ0) is 20.1. The molecule has 1 aliphatic rings. The highest BCUT2D eigenvalue weighted by Gasteiger charge is 2.26. The van der Waals surface area contributed by atoms with Gasteiger partial charge in [0.15, 0.2) is 0 Å². The SMILES string of the molecule is COc1cc(OC)cc(C(=O)NCC2CCCN(C(=O)c3cc[nH]c3C)C2)c1. The normalized spacial score (nSPS) is 16.5. The molecule has 7 heteroatoms. The van der Waals surface area contributed by atoms with Gasteiger partial charge in [-0.15, -0.1) is 0 Å². The van der Waals surface area contributed by atoms with Gasteiger partial charge in [-0.2, -0.15) is 0 Å². The quantitative estimate of drug-likeness (QED) is 0.801. The summed E-state index contributed by atoms with van der Waals surface area (Å²) in [5.74, 6) is 1.24. The van der Waals surface area contributed by atoms with E-state index in [2.05, 4.69) is 10.3 Å². The number of H-pyrrole nitrogens is 1. The molecular weight excluding hydrogens is 358 g/mol. The van der Waals surface area contributed by atoms with Crippen molar-refractivity contribution in [3.8, 4) is 11.5 Å². The highest BCUT2D eigenvalue weighted by atomic mass is 16.5. The summed E-state index contributed by atoms with van der Waals surface area (Å²) in [5.41, 5.74) is 2.09. The molecule has 3 rings (SSSR count). The standard InChI is InChI=1S/C21H27N3O4/c1-14-19(6-7-22-14)21(26)24-8-4-5-15(13-24)12-23-20(25)16-9-17(27-2)11-18(10-16)28-3/h6-7,9-11,15,22H,4-5,8,12-13H2,1-3H3,(H,23,25). The summed E-state index contributed by atoms with van der Waals surface area (Å²) < 4.78 is 10.4. The van der Waals surface area contributed by atoms with Crippen LogP contribution < -0.4 is 14.8 Å². The molecule has 150 valence electrons. The molecule has 7 nitrogen and oxygen atoms in total. The van der Waals surface area contributed by atoms with Crippen molar-refractivity contribution in [1.29, 1.82) is 0 Å². The number of nitrogens with zero attached hydrogens (tertiary/aromatic N) is 1. The van der Waals surface area contributed by atoms with Gasteiger partial charge in [0.25, 0.3) is 11.8 Å². The van der Waals surface area contributed by atoms with Crippen LogP contribution in [0.25, 0.3) is 0 Å². The van der Waals surface area contributed by atoms with E-state index in [1.54, 1.807) is 38.6 Å². The molecule has 1 aromatic carbocycles. The summed E-state index contributed by atoms with van der Waals surface area (Å²) in [7, 11) is 3.10. The van der Waals surface area contributed by atoms with Gasteiger partial charge in [-0.25, -0.2) is 0 Å². The third kappa shape index (κ3) is 4.47. The van der Waals surface area contributed by atoms with E-state index in [4.69, 9.17) is 9.47 Å².